The molecule has 0 atom stereocenters. The van der Waals surface area contributed by atoms with Gasteiger partial charge in [-0.3, -0.25) is 4.79 Å². The van der Waals surface area contributed by atoms with Gasteiger partial charge in [0.05, 0.1) is 13.2 Å². The molecule has 6 nitrogen and oxygen atoms in total. The first-order valence-corrected chi connectivity index (χ1v) is 8.55. The molecular weight excluding hydrogens is 314 g/mol. The Kier molecular flexibility index (Phi) is 6.46. The maximum Gasteiger partial charge on any atom is 0.191 e. The highest BCUT2D eigenvalue weighted by molar-refractivity contribution is 7.99. The van der Waals surface area contributed by atoms with Crippen molar-refractivity contribution >= 4 is 18.0 Å². The summed E-state index contributed by atoms with van der Waals surface area (Å²) in [4.78, 5) is 10.8. The summed E-state index contributed by atoms with van der Waals surface area (Å²) < 4.78 is 13.4. The molecule has 1 aromatic carbocycles. The molecule has 23 heavy (non-hydrogen) atoms. The Hall–Kier alpha value is -2.02. The Balaban J connectivity index is 1.92. The van der Waals surface area contributed by atoms with Crippen molar-refractivity contribution in [2.75, 3.05) is 19.0 Å². The SMILES string of the molecule is CCOc1cc(C=O)ccc1OCCSc1nnc(C)n1CC. The van der Waals surface area contributed by atoms with E-state index in [9.17, 15) is 4.79 Å². The Morgan fingerprint density at radius 3 is 2.74 bits per heavy atom. The van der Waals surface area contributed by atoms with Gasteiger partial charge < -0.3 is 14.0 Å². The van der Waals surface area contributed by atoms with Crippen LogP contribution < -0.4 is 9.47 Å². The fourth-order valence-corrected chi connectivity index (χ4v) is 2.97. The lowest BCUT2D eigenvalue weighted by molar-refractivity contribution is 0.112. The van der Waals surface area contributed by atoms with E-state index >= 15 is 0 Å². The Morgan fingerprint density at radius 2 is 2.04 bits per heavy atom. The lowest BCUT2D eigenvalue weighted by Gasteiger charge is -2.12. The van der Waals surface area contributed by atoms with Gasteiger partial charge in [0.2, 0.25) is 0 Å². The van der Waals surface area contributed by atoms with E-state index < -0.39 is 0 Å². The van der Waals surface area contributed by atoms with Crippen molar-refractivity contribution in [1.29, 1.82) is 0 Å². The number of carbonyl (C=O) groups excluding carboxylic acids is 1. The van der Waals surface area contributed by atoms with E-state index in [2.05, 4.69) is 21.7 Å². The van der Waals surface area contributed by atoms with Gasteiger partial charge in [-0.2, -0.15) is 0 Å². The normalized spacial score (nSPS) is 10.6. The van der Waals surface area contributed by atoms with Crippen LogP contribution in [0.5, 0.6) is 11.5 Å². The molecule has 0 unspecified atom stereocenters. The van der Waals surface area contributed by atoms with Crippen molar-refractivity contribution in [3.63, 3.8) is 0 Å². The second-order valence-electron chi connectivity index (χ2n) is 4.73. The summed E-state index contributed by atoms with van der Waals surface area (Å²) in [6.07, 6.45) is 0.794. The molecule has 0 radical (unpaired) electrons. The second kappa shape index (κ2) is 8.57. The molecule has 124 valence electrons. The number of carbonyl (C=O) groups is 1. The summed E-state index contributed by atoms with van der Waals surface area (Å²) in [7, 11) is 0. The molecule has 1 aromatic heterocycles. The molecule has 0 bridgehead atoms. The van der Waals surface area contributed by atoms with Gasteiger partial charge in [-0.1, -0.05) is 11.8 Å². The van der Waals surface area contributed by atoms with E-state index in [0.717, 1.165) is 29.6 Å². The summed E-state index contributed by atoms with van der Waals surface area (Å²) in [6, 6.07) is 5.17. The monoisotopic (exact) mass is 335 g/mol. The number of benzene rings is 1. The molecule has 2 aromatic rings. The van der Waals surface area contributed by atoms with Crippen LogP contribution in [0.2, 0.25) is 0 Å². The summed E-state index contributed by atoms with van der Waals surface area (Å²) in [5.41, 5.74) is 0.571. The summed E-state index contributed by atoms with van der Waals surface area (Å²) in [5.74, 6) is 2.90. The number of hydrogen-bond donors (Lipinski definition) is 0. The molecule has 0 amide bonds. The summed E-state index contributed by atoms with van der Waals surface area (Å²) in [6.45, 7) is 7.80. The number of ether oxygens (including phenoxy) is 2. The first kappa shape index (κ1) is 17.3. The van der Waals surface area contributed by atoms with Crippen LogP contribution >= 0.6 is 11.8 Å². The van der Waals surface area contributed by atoms with Gasteiger partial charge in [-0.15, -0.1) is 10.2 Å². The Bertz CT molecular complexity index is 658. The van der Waals surface area contributed by atoms with Crippen LogP contribution in [0.15, 0.2) is 23.4 Å². The predicted octanol–water partition coefficient (Wildman–Crippen LogP) is 2.99. The average Bonchev–Trinajstić information content (AvgIpc) is 2.92. The van der Waals surface area contributed by atoms with Gasteiger partial charge in [0.25, 0.3) is 0 Å². The van der Waals surface area contributed by atoms with Crippen molar-refractivity contribution in [1.82, 2.24) is 14.8 Å². The van der Waals surface area contributed by atoms with Crippen LogP contribution in [0.3, 0.4) is 0 Å². The molecule has 0 spiro atoms. The summed E-state index contributed by atoms with van der Waals surface area (Å²) in [5, 5.41) is 9.14. The van der Waals surface area contributed by atoms with Crippen molar-refractivity contribution in [2.45, 2.75) is 32.5 Å². The summed E-state index contributed by atoms with van der Waals surface area (Å²) >= 11 is 1.61. The van der Waals surface area contributed by atoms with E-state index in [1.165, 1.54) is 0 Å². The molecule has 7 heteroatoms. The number of aryl methyl sites for hydroxylation is 1. The van der Waals surface area contributed by atoms with Crippen LogP contribution in [0.4, 0.5) is 0 Å². The number of aldehydes is 1. The third kappa shape index (κ3) is 4.48. The fraction of sp³-hybridized carbons (Fsp3) is 0.438. The van der Waals surface area contributed by atoms with E-state index in [1.54, 1.807) is 30.0 Å². The van der Waals surface area contributed by atoms with Gasteiger partial charge in [0.15, 0.2) is 16.7 Å². The number of rotatable bonds is 9. The van der Waals surface area contributed by atoms with Crippen molar-refractivity contribution in [3.05, 3.63) is 29.6 Å². The maximum absolute atomic E-state index is 10.8. The van der Waals surface area contributed by atoms with Crippen molar-refractivity contribution < 1.29 is 14.3 Å². The lowest BCUT2D eigenvalue weighted by atomic mass is 10.2. The standard InChI is InChI=1S/C16H21N3O3S/c1-4-19-12(3)17-18-16(19)23-9-8-22-14-7-6-13(11-20)10-15(14)21-5-2/h6-7,10-11H,4-5,8-9H2,1-3H3. The number of hydrogen-bond acceptors (Lipinski definition) is 6. The molecule has 2 rings (SSSR count). The zero-order valence-electron chi connectivity index (χ0n) is 13.6. The minimum absolute atomic E-state index is 0.515. The molecule has 0 saturated carbocycles. The van der Waals surface area contributed by atoms with Gasteiger partial charge >= 0.3 is 0 Å². The lowest BCUT2D eigenvalue weighted by Crippen LogP contribution is -2.05. The molecule has 0 fully saturated rings. The van der Waals surface area contributed by atoms with Crippen LogP contribution in [0, 0.1) is 6.92 Å². The molecular formula is C16H21N3O3S. The maximum atomic E-state index is 10.8. The molecule has 1 heterocycles. The van der Waals surface area contributed by atoms with Crippen molar-refractivity contribution in [3.8, 4) is 11.5 Å². The van der Waals surface area contributed by atoms with E-state index in [0.29, 0.717) is 30.3 Å². The van der Waals surface area contributed by atoms with E-state index in [4.69, 9.17) is 9.47 Å². The quantitative estimate of drug-likeness (QED) is 0.399. The average molecular weight is 335 g/mol. The largest absolute Gasteiger partial charge is 0.490 e. The number of thioether (sulfide) groups is 1. The predicted molar refractivity (Wildman–Crippen MR) is 89.7 cm³/mol. The number of nitrogens with zero attached hydrogens (tertiary/aromatic N) is 3. The Morgan fingerprint density at radius 1 is 1.22 bits per heavy atom. The minimum atomic E-state index is 0.515. The van der Waals surface area contributed by atoms with Crippen LogP contribution in [0.1, 0.15) is 30.0 Å². The molecule has 0 aliphatic rings. The second-order valence-corrected chi connectivity index (χ2v) is 5.79. The Labute approximate surface area is 140 Å². The smallest absolute Gasteiger partial charge is 0.191 e. The highest BCUT2D eigenvalue weighted by atomic mass is 32.2. The van der Waals surface area contributed by atoms with Gasteiger partial charge in [0.1, 0.15) is 12.1 Å². The van der Waals surface area contributed by atoms with Crippen LogP contribution in [-0.4, -0.2) is 40.0 Å². The third-order valence-corrected chi connectivity index (χ3v) is 4.12. The zero-order chi connectivity index (χ0) is 16.7. The van der Waals surface area contributed by atoms with Gasteiger partial charge in [-0.05, 0) is 39.0 Å². The van der Waals surface area contributed by atoms with Gasteiger partial charge in [-0.25, -0.2) is 0 Å². The van der Waals surface area contributed by atoms with E-state index in [-0.39, 0.29) is 0 Å². The highest BCUT2D eigenvalue weighted by Gasteiger charge is 2.09. The van der Waals surface area contributed by atoms with Crippen molar-refractivity contribution in [2.24, 2.45) is 0 Å². The first-order valence-electron chi connectivity index (χ1n) is 7.57. The molecule has 0 aliphatic heterocycles. The van der Waals surface area contributed by atoms with Crippen LogP contribution in [-0.2, 0) is 6.54 Å². The number of aromatic nitrogens is 3. The molecule has 0 N–H and O–H groups in total. The molecule has 0 aliphatic carbocycles. The molecule has 0 saturated heterocycles. The van der Waals surface area contributed by atoms with Gasteiger partial charge in [0, 0.05) is 17.9 Å². The zero-order valence-corrected chi connectivity index (χ0v) is 14.4. The minimum Gasteiger partial charge on any atom is -0.490 e. The highest BCUT2D eigenvalue weighted by Crippen LogP contribution is 2.28. The third-order valence-electron chi connectivity index (χ3n) is 3.19. The first-order chi connectivity index (χ1) is 11.2. The topological polar surface area (TPSA) is 66.2 Å². The fourth-order valence-electron chi connectivity index (χ4n) is 2.10. The van der Waals surface area contributed by atoms with Crippen LogP contribution in [0.25, 0.3) is 0 Å². The van der Waals surface area contributed by atoms with E-state index in [1.807, 2.05) is 13.8 Å².